The van der Waals surface area contributed by atoms with Crippen LogP contribution in [0.5, 0.6) is 0 Å². The van der Waals surface area contributed by atoms with E-state index in [1.165, 1.54) is 44.9 Å². The fourth-order valence-corrected chi connectivity index (χ4v) is 3.62. The third-order valence-corrected chi connectivity index (χ3v) is 5.34. The van der Waals surface area contributed by atoms with Crippen molar-refractivity contribution in [3.8, 4) is 0 Å². The highest BCUT2D eigenvalue weighted by atomic mass is 16.5. The molecule has 0 bridgehead atoms. The van der Waals surface area contributed by atoms with Crippen LogP contribution in [0, 0.1) is 0 Å². The van der Waals surface area contributed by atoms with E-state index >= 15 is 0 Å². The summed E-state index contributed by atoms with van der Waals surface area (Å²) in [5, 5.41) is 0. The molecule has 0 aliphatic carbocycles. The fourth-order valence-electron chi connectivity index (χ4n) is 3.62. The van der Waals surface area contributed by atoms with Crippen molar-refractivity contribution in [2.75, 3.05) is 6.61 Å². The Morgan fingerprint density at radius 3 is 1.73 bits per heavy atom. The first-order chi connectivity index (χ1) is 14.6. The molecule has 170 valence electrons. The Morgan fingerprint density at radius 2 is 1.20 bits per heavy atom. The topological polar surface area (TPSA) is 52.6 Å². The van der Waals surface area contributed by atoms with Gasteiger partial charge in [-0.05, 0) is 31.4 Å². The molecule has 0 heterocycles. The zero-order valence-electron chi connectivity index (χ0n) is 19.4. The number of benzene rings is 1. The summed E-state index contributed by atoms with van der Waals surface area (Å²) in [6, 6.07) is 6.79. The van der Waals surface area contributed by atoms with E-state index in [9.17, 15) is 9.59 Å². The van der Waals surface area contributed by atoms with E-state index in [0.29, 0.717) is 17.7 Å². The number of hydrogen-bond acceptors (Lipinski definition) is 4. The second kappa shape index (κ2) is 16.9. The van der Waals surface area contributed by atoms with Gasteiger partial charge in [0.2, 0.25) is 0 Å². The summed E-state index contributed by atoms with van der Waals surface area (Å²) in [4.78, 5) is 25.2. The van der Waals surface area contributed by atoms with Crippen molar-refractivity contribution in [1.29, 1.82) is 0 Å². The maximum atomic E-state index is 12.6. The summed E-state index contributed by atoms with van der Waals surface area (Å²) in [6.07, 6.45) is 14.4. The SMILES string of the molecule is CCCCCCCCCCCOC(=O)c1ccccc1C(=O)OC(CCC)CCC. The average molecular weight is 419 g/mol. The Kier molecular flexibility index (Phi) is 14.8. The van der Waals surface area contributed by atoms with Crippen LogP contribution in [0.3, 0.4) is 0 Å². The summed E-state index contributed by atoms with van der Waals surface area (Å²) in [7, 11) is 0. The van der Waals surface area contributed by atoms with E-state index in [-0.39, 0.29) is 6.10 Å². The molecule has 4 nitrogen and oxygen atoms in total. The van der Waals surface area contributed by atoms with Gasteiger partial charge in [0.15, 0.2) is 0 Å². The largest absolute Gasteiger partial charge is 0.462 e. The number of carbonyl (C=O) groups is 2. The van der Waals surface area contributed by atoms with E-state index in [1.54, 1.807) is 24.3 Å². The number of esters is 2. The molecule has 0 radical (unpaired) electrons. The summed E-state index contributed by atoms with van der Waals surface area (Å²) >= 11 is 0. The third kappa shape index (κ3) is 10.8. The number of ether oxygens (including phenoxy) is 2. The van der Waals surface area contributed by atoms with Gasteiger partial charge in [-0.3, -0.25) is 0 Å². The maximum Gasteiger partial charge on any atom is 0.339 e. The quantitative estimate of drug-likeness (QED) is 0.194. The van der Waals surface area contributed by atoms with Crippen molar-refractivity contribution >= 4 is 11.9 Å². The van der Waals surface area contributed by atoms with Crippen LogP contribution < -0.4 is 0 Å². The zero-order chi connectivity index (χ0) is 22.0. The molecule has 0 aliphatic heterocycles. The van der Waals surface area contributed by atoms with E-state index in [4.69, 9.17) is 9.47 Å². The van der Waals surface area contributed by atoms with Gasteiger partial charge in [0.1, 0.15) is 6.10 Å². The Labute approximate surface area is 183 Å². The summed E-state index contributed by atoms with van der Waals surface area (Å²) in [5.74, 6) is -0.873. The highest BCUT2D eigenvalue weighted by molar-refractivity contribution is 6.03. The first-order valence-electron chi connectivity index (χ1n) is 12.1. The lowest BCUT2D eigenvalue weighted by molar-refractivity contribution is 0.0249. The van der Waals surface area contributed by atoms with Crippen LogP contribution in [-0.2, 0) is 9.47 Å². The minimum atomic E-state index is -0.440. The van der Waals surface area contributed by atoms with Gasteiger partial charge in [0, 0.05) is 0 Å². The van der Waals surface area contributed by atoms with Gasteiger partial charge < -0.3 is 9.47 Å². The number of rotatable bonds is 17. The molecule has 0 aliphatic rings. The molecule has 1 aromatic rings. The van der Waals surface area contributed by atoms with Crippen molar-refractivity contribution in [3.63, 3.8) is 0 Å². The molecule has 0 aromatic heterocycles. The predicted octanol–water partition coefficient (Wildman–Crippen LogP) is 7.50. The minimum Gasteiger partial charge on any atom is -0.462 e. The van der Waals surface area contributed by atoms with Gasteiger partial charge in [0.05, 0.1) is 17.7 Å². The summed E-state index contributed by atoms with van der Waals surface area (Å²) < 4.78 is 11.1. The average Bonchev–Trinajstić information content (AvgIpc) is 2.75. The molecule has 30 heavy (non-hydrogen) atoms. The van der Waals surface area contributed by atoms with E-state index < -0.39 is 11.9 Å². The maximum absolute atomic E-state index is 12.6. The van der Waals surface area contributed by atoms with Crippen molar-refractivity contribution in [2.45, 2.75) is 110 Å². The monoisotopic (exact) mass is 418 g/mol. The summed E-state index contributed by atoms with van der Waals surface area (Å²) in [5.41, 5.74) is 0.594. The first-order valence-corrected chi connectivity index (χ1v) is 12.1. The molecule has 0 atom stereocenters. The van der Waals surface area contributed by atoms with Crippen molar-refractivity contribution in [3.05, 3.63) is 35.4 Å². The predicted molar refractivity (Wildman–Crippen MR) is 123 cm³/mol. The van der Waals surface area contributed by atoms with Crippen LogP contribution in [0.4, 0.5) is 0 Å². The van der Waals surface area contributed by atoms with Gasteiger partial charge in [-0.15, -0.1) is 0 Å². The molecule has 1 aromatic carbocycles. The van der Waals surface area contributed by atoms with E-state index in [2.05, 4.69) is 20.8 Å². The molecule has 0 spiro atoms. The molecule has 0 amide bonds. The van der Waals surface area contributed by atoms with E-state index in [1.807, 2.05) is 0 Å². The second-order valence-corrected chi connectivity index (χ2v) is 8.11. The van der Waals surface area contributed by atoms with E-state index in [0.717, 1.165) is 38.5 Å². The Balaban J connectivity index is 2.41. The second-order valence-electron chi connectivity index (χ2n) is 8.11. The lowest BCUT2D eigenvalue weighted by atomic mass is 10.1. The van der Waals surface area contributed by atoms with Crippen LogP contribution >= 0.6 is 0 Å². The van der Waals surface area contributed by atoms with Gasteiger partial charge in [-0.2, -0.15) is 0 Å². The molecule has 0 fully saturated rings. The highest BCUT2D eigenvalue weighted by Gasteiger charge is 2.21. The van der Waals surface area contributed by atoms with Gasteiger partial charge >= 0.3 is 11.9 Å². The standard InChI is InChI=1S/C26H42O4/c1-4-7-8-9-10-11-12-13-16-21-29-25(27)23-19-14-15-20-24(23)26(28)30-22(17-5-2)18-6-3/h14-15,19-20,22H,4-13,16-18,21H2,1-3H3. The van der Waals surface area contributed by atoms with Crippen LogP contribution in [0.2, 0.25) is 0 Å². The van der Waals surface area contributed by atoms with Crippen molar-refractivity contribution in [2.24, 2.45) is 0 Å². The molecule has 0 saturated heterocycles. The van der Waals surface area contributed by atoms with Gasteiger partial charge in [-0.25, -0.2) is 9.59 Å². The van der Waals surface area contributed by atoms with Crippen LogP contribution in [0.1, 0.15) is 125 Å². The highest BCUT2D eigenvalue weighted by Crippen LogP contribution is 2.17. The number of hydrogen-bond donors (Lipinski definition) is 0. The minimum absolute atomic E-state index is 0.0986. The number of unbranched alkanes of at least 4 members (excludes halogenated alkanes) is 8. The Bertz CT molecular complexity index is 590. The molecule has 0 saturated carbocycles. The molecule has 0 N–H and O–H groups in total. The molecular weight excluding hydrogens is 376 g/mol. The number of carbonyl (C=O) groups excluding carboxylic acids is 2. The lowest BCUT2D eigenvalue weighted by Gasteiger charge is -2.17. The Morgan fingerprint density at radius 1 is 0.700 bits per heavy atom. The van der Waals surface area contributed by atoms with Crippen LogP contribution in [-0.4, -0.2) is 24.6 Å². The van der Waals surface area contributed by atoms with Gasteiger partial charge in [0.25, 0.3) is 0 Å². The normalized spacial score (nSPS) is 10.9. The van der Waals surface area contributed by atoms with Gasteiger partial charge in [-0.1, -0.05) is 97.1 Å². The van der Waals surface area contributed by atoms with Crippen LogP contribution in [0.15, 0.2) is 24.3 Å². The van der Waals surface area contributed by atoms with Crippen molar-refractivity contribution in [1.82, 2.24) is 0 Å². The smallest absolute Gasteiger partial charge is 0.339 e. The first kappa shape index (κ1) is 26.2. The molecule has 4 heteroatoms. The van der Waals surface area contributed by atoms with Crippen LogP contribution in [0.25, 0.3) is 0 Å². The zero-order valence-corrected chi connectivity index (χ0v) is 19.4. The molecule has 0 unspecified atom stereocenters. The molecule has 1 rings (SSSR count). The lowest BCUT2D eigenvalue weighted by Crippen LogP contribution is -2.20. The molecular formula is C26H42O4. The fraction of sp³-hybridized carbons (Fsp3) is 0.692. The van der Waals surface area contributed by atoms with Crippen molar-refractivity contribution < 1.29 is 19.1 Å². The summed E-state index contributed by atoms with van der Waals surface area (Å²) in [6.45, 7) is 6.78. The Hall–Kier alpha value is -1.84. The third-order valence-electron chi connectivity index (χ3n) is 5.34.